The highest BCUT2D eigenvalue weighted by molar-refractivity contribution is 6.31. The maximum atomic E-state index is 12.0. The lowest BCUT2D eigenvalue weighted by Crippen LogP contribution is -2.13. The second-order valence-corrected chi connectivity index (χ2v) is 4.22. The Morgan fingerprint density at radius 3 is 2.89 bits per heavy atom. The number of rotatable bonds is 3. The van der Waals surface area contributed by atoms with Crippen molar-refractivity contribution < 1.29 is 9.53 Å². The lowest BCUT2D eigenvalue weighted by Gasteiger charge is -2.09. The minimum absolute atomic E-state index is 0.307. The molecule has 1 heterocycles. The Morgan fingerprint density at radius 2 is 2.21 bits per heavy atom. The van der Waals surface area contributed by atoms with Crippen molar-refractivity contribution in [3.8, 4) is 5.75 Å². The van der Waals surface area contributed by atoms with E-state index in [4.69, 9.17) is 22.1 Å². The molecule has 6 heteroatoms. The number of nitrogen functional groups attached to an aromatic ring is 1. The molecular weight excluding hydrogens is 266 g/mol. The maximum absolute atomic E-state index is 12.0. The van der Waals surface area contributed by atoms with E-state index in [-0.39, 0.29) is 5.91 Å². The van der Waals surface area contributed by atoms with Crippen LogP contribution in [0.1, 0.15) is 10.4 Å². The molecule has 0 bridgehead atoms. The summed E-state index contributed by atoms with van der Waals surface area (Å²) in [7, 11) is 1.48. The van der Waals surface area contributed by atoms with E-state index in [1.807, 2.05) is 0 Å². The minimum atomic E-state index is -0.321. The normalized spacial score (nSPS) is 10.0. The molecule has 0 aliphatic rings. The van der Waals surface area contributed by atoms with Crippen LogP contribution in [0, 0.1) is 0 Å². The number of ether oxygens (including phenoxy) is 1. The van der Waals surface area contributed by atoms with E-state index < -0.39 is 0 Å². The molecule has 1 aromatic heterocycles. The van der Waals surface area contributed by atoms with Crippen molar-refractivity contribution in [2.24, 2.45) is 0 Å². The van der Waals surface area contributed by atoms with Gasteiger partial charge in [-0.25, -0.2) is 4.98 Å². The number of hydrogen-bond donors (Lipinski definition) is 2. The van der Waals surface area contributed by atoms with Crippen molar-refractivity contribution in [2.45, 2.75) is 0 Å². The average Bonchev–Trinajstić information content (AvgIpc) is 2.40. The number of nitrogens with two attached hydrogens (primary N) is 1. The molecule has 5 nitrogen and oxygen atoms in total. The molecule has 1 aromatic carbocycles. The fraction of sp³-hybridized carbons (Fsp3) is 0.0769. The molecule has 0 atom stereocenters. The molecule has 0 saturated heterocycles. The first-order valence-corrected chi connectivity index (χ1v) is 5.84. The Kier molecular flexibility index (Phi) is 3.87. The highest BCUT2D eigenvalue weighted by Gasteiger charge is 2.11. The van der Waals surface area contributed by atoms with Gasteiger partial charge in [-0.2, -0.15) is 0 Å². The Balaban J connectivity index is 2.24. The van der Waals surface area contributed by atoms with Crippen LogP contribution in [0.5, 0.6) is 5.75 Å². The molecule has 0 spiro atoms. The number of hydrogen-bond acceptors (Lipinski definition) is 4. The van der Waals surface area contributed by atoms with Gasteiger partial charge in [0.25, 0.3) is 5.91 Å². The van der Waals surface area contributed by atoms with Crippen LogP contribution in [-0.2, 0) is 0 Å². The molecule has 0 fully saturated rings. The van der Waals surface area contributed by atoms with E-state index in [0.717, 1.165) is 0 Å². The molecule has 0 radical (unpaired) electrons. The van der Waals surface area contributed by atoms with Gasteiger partial charge in [0.1, 0.15) is 0 Å². The van der Waals surface area contributed by atoms with E-state index >= 15 is 0 Å². The molecule has 19 heavy (non-hydrogen) atoms. The molecule has 98 valence electrons. The molecule has 3 N–H and O–H groups in total. The summed E-state index contributed by atoms with van der Waals surface area (Å²) in [5, 5.41) is 3.13. The van der Waals surface area contributed by atoms with Gasteiger partial charge in [0, 0.05) is 16.7 Å². The van der Waals surface area contributed by atoms with Gasteiger partial charge in [-0.15, -0.1) is 0 Å². The summed E-state index contributed by atoms with van der Waals surface area (Å²) in [4.78, 5) is 16.0. The van der Waals surface area contributed by atoms with Gasteiger partial charge >= 0.3 is 0 Å². The van der Waals surface area contributed by atoms with Crippen molar-refractivity contribution in [3.63, 3.8) is 0 Å². The molecule has 2 aromatic rings. The van der Waals surface area contributed by atoms with Gasteiger partial charge in [-0.05, 0) is 18.2 Å². The summed E-state index contributed by atoms with van der Waals surface area (Å²) < 4.78 is 5.10. The summed E-state index contributed by atoms with van der Waals surface area (Å²) in [6.45, 7) is 0. The van der Waals surface area contributed by atoms with Gasteiger partial charge in [0.2, 0.25) is 0 Å². The van der Waals surface area contributed by atoms with Crippen LogP contribution in [0.2, 0.25) is 5.02 Å². The lowest BCUT2D eigenvalue weighted by molar-refractivity contribution is 0.102. The maximum Gasteiger partial charge on any atom is 0.256 e. The monoisotopic (exact) mass is 277 g/mol. The standard InChI is InChI=1S/C13H12ClN3O2/c1-19-11-6-10(15)7-16-12(11)17-13(18)8-3-2-4-9(14)5-8/h2-7H,15H2,1H3,(H,16,17,18). The lowest BCUT2D eigenvalue weighted by atomic mass is 10.2. The first kappa shape index (κ1) is 13.2. The number of aromatic nitrogens is 1. The van der Waals surface area contributed by atoms with Gasteiger partial charge in [-0.3, -0.25) is 4.79 Å². The Morgan fingerprint density at radius 1 is 1.42 bits per heavy atom. The fourth-order valence-electron chi connectivity index (χ4n) is 1.52. The third kappa shape index (κ3) is 3.14. The van der Waals surface area contributed by atoms with Crippen molar-refractivity contribution in [3.05, 3.63) is 47.1 Å². The van der Waals surface area contributed by atoms with Crippen molar-refractivity contribution in [2.75, 3.05) is 18.2 Å². The van der Waals surface area contributed by atoms with E-state index in [1.54, 1.807) is 30.3 Å². The second kappa shape index (κ2) is 5.58. The third-order valence-electron chi connectivity index (χ3n) is 2.41. The molecular formula is C13H12ClN3O2. The molecule has 0 aliphatic carbocycles. The SMILES string of the molecule is COc1cc(N)cnc1NC(=O)c1cccc(Cl)c1. The zero-order valence-electron chi connectivity index (χ0n) is 10.2. The van der Waals surface area contributed by atoms with E-state index in [0.29, 0.717) is 27.8 Å². The van der Waals surface area contributed by atoms with Crippen molar-refractivity contribution >= 4 is 29.0 Å². The number of nitrogens with one attached hydrogen (secondary N) is 1. The van der Waals surface area contributed by atoms with Gasteiger partial charge in [0.05, 0.1) is 19.0 Å². The van der Waals surface area contributed by atoms with Gasteiger partial charge in [-0.1, -0.05) is 17.7 Å². The summed E-state index contributed by atoms with van der Waals surface area (Å²) >= 11 is 5.83. The van der Waals surface area contributed by atoms with Crippen molar-refractivity contribution in [1.29, 1.82) is 0 Å². The predicted octanol–water partition coefficient (Wildman–Crippen LogP) is 2.58. The topological polar surface area (TPSA) is 77.2 Å². The van der Waals surface area contributed by atoms with E-state index in [2.05, 4.69) is 10.3 Å². The Hall–Kier alpha value is -2.27. The highest BCUT2D eigenvalue weighted by atomic mass is 35.5. The highest BCUT2D eigenvalue weighted by Crippen LogP contribution is 2.24. The van der Waals surface area contributed by atoms with Gasteiger partial charge < -0.3 is 15.8 Å². The number of pyridine rings is 1. The van der Waals surface area contributed by atoms with Crippen LogP contribution in [0.4, 0.5) is 11.5 Å². The second-order valence-electron chi connectivity index (χ2n) is 3.78. The first-order valence-electron chi connectivity index (χ1n) is 5.46. The average molecular weight is 278 g/mol. The smallest absolute Gasteiger partial charge is 0.256 e. The van der Waals surface area contributed by atoms with Crippen molar-refractivity contribution in [1.82, 2.24) is 4.98 Å². The van der Waals surface area contributed by atoms with E-state index in [1.165, 1.54) is 13.3 Å². The Bertz CT molecular complexity index is 617. The number of benzene rings is 1. The number of carbonyl (C=O) groups is 1. The molecule has 2 rings (SSSR count). The summed E-state index contributed by atoms with van der Waals surface area (Å²) in [5.41, 5.74) is 6.49. The number of nitrogens with zero attached hydrogens (tertiary/aromatic N) is 1. The van der Waals surface area contributed by atoms with E-state index in [9.17, 15) is 4.79 Å². The molecule has 0 saturated carbocycles. The number of amides is 1. The molecule has 1 amide bonds. The van der Waals surface area contributed by atoms with Crippen LogP contribution in [0.3, 0.4) is 0 Å². The molecule has 0 aliphatic heterocycles. The quantitative estimate of drug-likeness (QED) is 0.904. The number of carbonyl (C=O) groups excluding carboxylic acids is 1. The van der Waals surface area contributed by atoms with Crippen LogP contribution < -0.4 is 15.8 Å². The summed E-state index contributed by atoms with van der Waals surface area (Å²) in [5.74, 6) is 0.384. The fourth-order valence-corrected chi connectivity index (χ4v) is 1.71. The van der Waals surface area contributed by atoms with Crippen LogP contribution >= 0.6 is 11.6 Å². The number of methoxy groups -OCH3 is 1. The third-order valence-corrected chi connectivity index (χ3v) is 2.65. The minimum Gasteiger partial charge on any atom is -0.493 e. The van der Waals surface area contributed by atoms with Crippen LogP contribution in [-0.4, -0.2) is 18.0 Å². The van der Waals surface area contributed by atoms with Crippen LogP contribution in [0.15, 0.2) is 36.5 Å². The summed E-state index contributed by atoms with van der Waals surface area (Å²) in [6.07, 6.45) is 1.44. The van der Waals surface area contributed by atoms with Crippen LogP contribution in [0.25, 0.3) is 0 Å². The number of halogens is 1. The Labute approximate surface area is 115 Å². The predicted molar refractivity (Wildman–Crippen MR) is 74.6 cm³/mol. The zero-order chi connectivity index (χ0) is 13.8. The first-order chi connectivity index (χ1) is 9.10. The van der Waals surface area contributed by atoms with Gasteiger partial charge in [0.15, 0.2) is 11.6 Å². The largest absolute Gasteiger partial charge is 0.493 e. The molecule has 0 unspecified atom stereocenters. The summed E-state index contributed by atoms with van der Waals surface area (Å²) in [6, 6.07) is 8.21. The zero-order valence-corrected chi connectivity index (χ0v) is 10.9. The number of anilines is 2.